The minimum Gasteiger partial charge on any atom is -0.327 e. The van der Waals surface area contributed by atoms with E-state index in [0.717, 1.165) is 24.2 Å². The van der Waals surface area contributed by atoms with Gasteiger partial charge in [0.05, 0.1) is 4.34 Å². The third kappa shape index (κ3) is 2.77. The fourth-order valence-corrected chi connectivity index (χ4v) is 5.48. The van der Waals surface area contributed by atoms with Crippen LogP contribution in [0.2, 0.25) is 8.67 Å². The smallest absolute Gasteiger partial charge is 0.245 e. The van der Waals surface area contributed by atoms with Crippen LogP contribution in [0.4, 0.5) is 0 Å². The molecule has 1 aromatic heterocycles. The van der Waals surface area contributed by atoms with Crippen LogP contribution in [0.15, 0.2) is 11.0 Å². The van der Waals surface area contributed by atoms with Gasteiger partial charge in [0.1, 0.15) is 9.23 Å². The first-order valence-corrected chi connectivity index (χ1v) is 8.13. The van der Waals surface area contributed by atoms with Crippen LogP contribution >= 0.6 is 34.5 Å². The van der Waals surface area contributed by atoms with Gasteiger partial charge in [-0.3, -0.25) is 0 Å². The average Bonchev–Trinajstić information content (AvgIpc) is 2.58. The van der Waals surface area contributed by atoms with Gasteiger partial charge in [0, 0.05) is 19.1 Å². The SMILES string of the molecule is N[C@@H]1CCCN(S(=O)(=O)c2cc(Cl)sc2Cl)C1. The van der Waals surface area contributed by atoms with Gasteiger partial charge in [-0.15, -0.1) is 11.3 Å². The van der Waals surface area contributed by atoms with Crippen molar-refractivity contribution in [2.75, 3.05) is 13.1 Å². The summed E-state index contributed by atoms with van der Waals surface area (Å²) in [5, 5.41) is 0. The molecule has 2 heterocycles. The maximum absolute atomic E-state index is 12.3. The lowest BCUT2D eigenvalue weighted by atomic mass is 10.1. The Hall–Kier alpha value is 0.150. The third-order valence-electron chi connectivity index (χ3n) is 2.66. The quantitative estimate of drug-likeness (QED) is 0.910. The molecule has 1 atom stereocenters. The lowest BCUT2D eigenvalue weighted by molar-refractivity contribution is 0.316. The van der Waals surface area contributed by atoms with E-state index in [1.807, 2.05) is 0 Å². The zero-order chi connectivity index (χ0) is 12.6. The van der Waals surface area contributed by atoms with Gasteiger partial charge in [-0.25, -0.2) is 8.42 Å². The second-order valence-electron chi connectivity index (χ2n) is 3.95. The first kappa shape index (κ1) is 13.6. The van der Waals surface area contributed by atoms with Gasteiger partial charge in [-0.2, -0.15) is 4.31 Å². The van der Waals surface area contributed by atoms with Gasteiger partial charge in [0.15, 0.2) is 0 Å². The van der Waals surface area contributed by atoms with Crippen molar-refractivity contribution in [2.24, 2.45) is 5.73 Å². The highest BCUT2D eigenvalue weighted by Crippen LogP contribution is 2.36. The second-order valence-corrected chi connectivity index (χ2v) is 8.15. The molecule has 1 aromatic rings. The summed E-state index contributed by atoms with van der Waals surface area (Å²) in [6, 6.07) is 1.29. The number of sulfonamides is 1. The molecule has 1 aliphatic rings. The number of nitrogens with zero attached hydrogens (tertiary/aromatic N) is 1. The van der Waals surface area contributed by atoms with Gasteiger partial charge in [-0.1, -0.05) is 23.2 Å². The number of halogens is 2. The van der Waals surface area contributed by atoms with Crippen LogP contribution in [0, 0.1) is 0 Å². The molecule has 0 aromatic carbocycles. The van der Waals surface area contributed by atoms with Crippen LogP contribution in [0.5, 0.6) is 0 Å². The van der Waals surface area contributed by atoms with Crippen LogP contribution in [-0.2, 0) is 10.0 Å². The summed E-state index contributed by atoms with van der Waals surface area (Å²) in [5.41, 5.74) is 5.78. The van der Waals surface area contributed by atoms with Crippen molar-refractivity contribution in [2.45, 2.75) is 23.8 Å². The fraction of sp³-hybridized carbons (Fsp3) is 0.556. The summed E-state index contributed by atoms with van der Waals surface area (Å²) >= 11 is 12.7. The number of hydrogen-bond acceptors (Lipinski definition) is 4. The molecule has 8 heteroatoms. The fourth-order valence-electron chi connectivity index (χ4n) is 1.83. The Balaban J connectivity index is 2.33. The molecule has 1 saturated heterocycles. The molecule has 1 fully saturated rings. The van der Waals surface area contributed by atoms with Crippen molar-refractivity contribution < 1.29 is 8.42 Å². The molecule has 1 aliphatic heterocycles. The van der Waals surface area contributed by atoms with Crippen molar-refractivity contribution in [3.8, 4) is 0 Å². The first-order valence-electron chi connectivity index (χ1n) is 5.12. The van der Waals surface area contributed by atoms with Gasteiger partial charge in [-0.05, 0) is 18.9 Å². The highest BCUT2D eigenvalue weighted by molar-refractivity contribution is 7.89. The minimum atomic E-state index is -3.56. The van der Waals surface area contributed by atoms with Gasteiger partial charge in [0.25, 0.3) is 0 Å². The lowest BCUT2D eigenvalue weighted by Gasteiger charge is -2.29. The first-order chi connectivity index (χ1) is 7.91. The normalized spacial score (nSPS) is 22.9. The summed E-state index contributed by atoms with van der Waals surface area (Å²) in [5.74, 6) is 0. The molecule has 0 saturated carbocycles. The molecular formula is C9H12Cl2N2O2S2. The highest BCUT2D eigenvalue weighted by atomic mass is 35.5. The van der Waals surface area contributed by atoms with E-state index in [4.69, 9.17) is 28.9 Å². The summed E-state index contributed by atoms with van der Waals surface area (Å²) in [6.45, 7) is 0.825. The summed E-state index contributed by atoms with van der Waals surface area (Å²) in [4.78, 5) is 0.0864. The topological polar surface area (TPSA) is 63.4 Å². The zero-order valence-corrected chi connectivity index (χ0v) is 12.0. The molecule has 17 heavy (non-hydrogen) atoms. The predicted octanol–water partition coefficient (Wildman–Crippen LogP) is 2.17. The molecule has 0 aliphatic carbocycles. The molecule has 2 rings (SSSR count). The maximum atomic E-state index is 12.3. The highest BCUT2D eigenvalue weighted by Gasteiger charge is 2.31. The minimum absolute atomic E-state index is 0.0864. The van der Waals surface area contributed by atoms with Crippen LogP contribution in [0.25, 0.3) is 0 Å². The molecule has 2 N–H and O–H groups in total. The van der Waals surface area contributed by atoms with E-state index in [1.54, 1.807) is 0 Å². The largest absolute Gasteiger partial charge is 0.327 e. The summed E-state index contributed by atoms with van der Waals surface area (Å²) in [7, 11) is -3.56. The number of hydrogen-bond donors (Lipinski definition) is 1. The van der Waals surface area contributed by atoms with Crippen molar-refractivity contribution in [3.05, 3.63) is 14.7 Å². The van der Waals surface area contributed by atoms with Crippen LogP contribution < -0.4 is 5.73 Å². The summed E-state index contributed by atoms with van der Waals surface area (Å²) < 4.78 is 26.6. The van der Waals surface area contributed by atoms with E-state index in [9.17, 15) is 8.42 Å². The molecule has 96 valence electrons. The van der Waals surface area contributed by atoms with Crippen LogP contribution in [-0.4, -0.2) is 31.9 Å². The van der Waals surface area contributed by atoms with Crippen molar-refractivity contribution in [3.63, 3.8) is 0 Å². The Kier molecular flexibility index (Phi) is 4.02. The number of thiophene rings is 1. The van der Waals surface area contributed by atoms with E-state index >= 15 is 0 Å². The molecule has 0 bridgehead atoms. The standard InChI is InChI=1S/C9H12Cl2N2O2S2/c10-8-4-7(9(11)16-8)17(14,15)13-3-1-2-6(12)5-13/h4,6H,1-3,5,12H2/t6-/m1/s1. The zero-order valence-electron chi connectivity index (χ0n) is 8.90. The molecule has 0 amide bonds. The van der Waals surface area contributed by atoms with Crippen molar-refractivity contribution in [1.29, 1.82) is 0 Å². The Morgan fingerprint density at radius 2 is 2.18 bits per heavy atom. The maximum Gasteiger partial charge on any atom is 0.245 e. The van der Waals surface area contributed by atoms with E-state index in [0.29, 0.717) is 17.4 Å². The Morgan fingerprint density at radius 1 is 1.47 bits per heavy atom. The number of rotatable bonds is 2. The Bertz CT molecular complexity index is 515. The van der Waals surface area contributed by atoms with Crippen LogP contribution in [0.3, 0.4) is 0 Å². The lowest BCUT2D eigenvalue weighted by Crippen LogP contribution is -2.45. The Labute approximate surface area is 114 Å². The molecular weight excluding hydrogens is 303 g/mol. The average molecular weight is 315 g/mol. The van der Waals surface area contributed by atoms with E-state index < -0.39 is 10.0 Å². The third-order valence-corrected chi connectivity index (χ3v) is 6.28. The van der Waals surface area contributed by atoms with Gasteiger partial charge in [0.2, 0.25) is 10.0 Å². The van der Waals surface area contributed by atoms with Gasteiger partial charge >= 0.3 is 0 Å². The monoisotopic (exact) mass is 314 g/mol. The Morgan fingerprint density at radius 3 is 2.71 bits per heavy atom. The second kappa shape index (κ2) is 5.03. The van der Waals surface area contributed by atoms with E-state index in [-0.39, 0.29) is 15.3 Å². The number of piperidine rings is 1. The van der Waals surface area contributed by atoms with Crippen molar-refractivity contribution >= 4 is 44.6 Å². The molecule has 4 nitrogen and oxygen atoms in total. The van der Waals surface area contributed by atoms with E-state index in [2.05, 4.69) is 0 Å². The van der Waals surface area contributed by atoms with E-state index in [1.165, 1.54) is 10.4 Å². The molecule has 0 spiro atoms. The summed E-state index contributed by atoms with van der Waals surface area (Å²) in [6.07, 6.45) is 1.63. The molecule has 0 radical (unpaired) electrons. The van der Waals surface area contributed by atoms with Crippen LogP contribution in [0.1, 0.15) is 12.8 Å². The number of nitrogens with two attached hydrogens (primary N) is 1. The van der Waals surface area contributed by atoms with Crippen molar-refractivity contribution in [1.82, 2.24) is 4.31 Å². The molecule has 0 unspecified atom stereocenters. The predicted molar refractivity (Wildman–Crippen MR) is 70.3 cm³/mol. The van der Waals surface area contributed by atoms with Gasteiger partial charge < -0.3 is 5.73 Å².